The number of carbonyl (C=O) groups is 2. The van der Waals surface area contributed by atoms with Gasteiger partial charge in [0.2, 0.25) is 0 Å². The van der Waals surface area contributed by atoms with Gasteiger partial charge < -0.3 is 28.5 Å². The van der Waals surface area contributed by atoms with Gasteiger partial charge >= 0.3 is 11.9 Å². The molecule has 8 nitrogen and oxygen atoms in total. The second kappa shape index (κ2) is 19.6. The molecule has 61 heavy (non-hydrogen) atoms. The number of carbonyl (C=O) groups excluding carboxylic acids is 1. The molecule has 1 N–H and O–H groups in total. The molecule has 0 aliphatic heterocycles. The first-order valence-electron chi connectivity index (χ1n) is 19.4. The number of carboxylic acid groups (broad SMARTS) is 1. The van der Waals surface area contributed by atoms with E-state index in [4.69, 9.17) is 14.2 Å². The predicted octanol–water partition coefficient (Wildman–Crippen LogP) is 13.1. The van der Waals surface area contributed by atoms with Crippen molar-refractivity contribution in [3.05, 3.63) is 212 Å². The molecule has 8 rings (SSSR count). The topological polar surface area (TPSA) is 91.9 Å². The average molecular weight is 939 g/mol. The van der Waals surface area contributed by atoms with Gasteiger partial charge in [-0.3, -0.25) is 0 Å². The summed E-state index contributed by atoms with van der Waals surface area (Å²) in [5, 5.41) is 9.18. The third-order valence-corrected chi connectivity index (χ3v) is 11.0. The molecule has 0 unspecified atom stereocenters. The number of hydrogen-bond acceptors (Lipinski definition) is 5. The number of rotatable bonds is 12. The van der Waals surface area contributed by atoms with Gasteiger partial charge in [0.05, 0.1) is 29.6 Å². The normalized spacial score (nSPS) is 10.7. The van der Waals surface area contributed by atoms with Crippen LogP contribution in [0.3, 0.4) is 0 Å². The highest BCUT2D eigenvalue weighted by Crippen LogP contribution is 2.38. The average Bonchev–Trinajstić information content (AvgIpc) is 3.87. The highest BCUT2D eigenvalue weighted by molar-refractivity contribution is 9.10. The van der Waals surface area contributed by atoms with Gasteiger partial charge in [-0.05, 0) is 134 Å². The van der Waals surface area contributed by atoms with Crippen LogP contribution in [0.2, 0.25) is 0 Å². The Kier molecular flexibility index (Phi) is 13.7. The largest absolute Gasteiger partial charge is 0.488 e. The number of carboxylic acids is 1. The minimum Gasteiger partial charge on any atom is -0.488 e. The third kappa shape index (κ3) is 10.2. The molecule has 0 saturated heterocycles. The van der Waals surface area contributed by atoms with Gasteiger partial charge in [-0.1, -0.05) is 92.5 Å². The lowest BCUT2D eigenvalue weighted by Crippen LogP contribution is -2.04. The summed E-state index contributed by atoms with van der Waals surface area (Å²) in [6.07, 6.45) is 0. The highest BCUT2D eigenvalue weighted by Gasteiger charge is 2.17. The van der Waals surface area contributed by atoms with E-state index in [1.807, 2.05) is 128 Å². The number of halogens is 2. The van der Waals surface area contributed by atoms with Crippen molar-refractivity contribution < 1.29 is 28.9 Å². The first-order valence-corrected chi connectivity index (χ1v) is 21.0. The van der Waals surface area contributed by atoms with Crippen molar-refractivity contribution in [2.75, 3.05) is 7.11 Å². The van der Waals surface area contributed by atoms with Gasteiger partial charge in [0.25, 0.3) is 0 Å². The van der Waals surface area contributed by atoms with Crippen LogP contribution in [0.4, 0.5) is 0 Å². The number of ether oxygens (including phenoxy) is 3. The Morgan fingerprint density at radius 3 is 1.33 bits per heavy atom. The third-order valence-electron chi connectivity index (χ3n) is 9.98. The van der Waals surface area contributed by atoms with E-state index in [1.165, 1.54) is 7.11 Å². The van der Waals surface area contributed by atoms with E-state index in [0.29, 0.717) is 18.8 Å². The summed E-state index contributed by atoms with van der Waals surface area (Å²) < 4.78 is 23.4. The van der Waals surface area contributed by atoms with E-state index in [-0.39, 0.29) is 11.5 Å². The Labute approximate surface area is 371 Å². The quantitative estimate of drug-likeness (QED) is 0.123. The molecule has 0 fully saturated rings. The zero-order chi connectivity index (χ0) is 42.9. The van der Waals surface area contributed by atoms with Crippen LogP contribution in [-0.2, 0) is 18.0 Å². The smallest absolute Gasteiger partial charge is 0.337 e. The van der Waals surface area contributed by atoms with E-state index in [0.717, 1.165) is 76.8 Å². The number of aryl methyl sites for hydroxylation is 2. The summed E-state index contributed by atoms with van der Waals surface area (Å²) in [6, 6.07) is 54.7. The van der Waals surface area contributed by atoms with Gasteiger partial charge in [-0.15, -0.1) is 0 Å². The molecule has 306 valence electrons. The fourth-order valence-electron chi connectivity index (χ4n) is 6.93. The first kappa shape index (κ1) is 42.5. The van der Waals surface area contributed by atoms with Crippen molar-refractivity contribution in [1.29, 1.82) is 0 Å². The maximum absolute atomic E-state index is 11.8. The van der Waals surface area contributed by atoms with Crippen molar-refractivity contribution in [2.24, 2.45) is 0 Å². The van der Waals surface area contributed by atoms with Crippen molar-refractivity contribution in [2.45, 2.75) is 27.1 Å². The first-order chi connectivity index (χ1) is 29.6. The molecule has 0 atom stereocenters. The Morgan fingerprint density at radius 2 is 0.934 bits per heavy atom. The van der Waals surface area contributed by atoms with E-state index in [1.54, 1.807) is 24.3 Å². The van der Waals surface area contributed by atoms with Crippen LogP contribution in [0.15, 0.2) is 179 Å². The molecule has 0 aliphatic rings. The zero-order valence-corrected chi connectivity index (χ0v) is 36.9. The SMILES string of the molecule is COC(=O)c1ccc(-n2c(C)ccc2-c2cc(Br)ccc2OCc2ccccc2)cc1.Cc1ccc(-c2cc(Br)ccc2OCc2ccccc2)n1-c1ccc(C(=O)O)cc1. The van der Waals surface area contributed by atoms with Crippen LogP contribution < -0.4 is 9.47 Å². The minimum atomic E-state index is -0.936. The molecule has 0 radical (unpaired) electrons. The predicted molar refractivity (Wildman–Crippen MR) is 247 cm³/mol. The number of nitrogens with zero attached hydrogens (tertiary/aromatic N) is 2. The molecule has 2 aromatic heterocycles. The van der Waals surface area contributed by atoms with Gasteiger partial charge in [0, 0.05) is 42.8 Å². The molecule has 0 saturated carbocycles. The summed E-state index contributed by atoms with van der Waals surface area (Å²) in [4.78, 5) is 23.0. The van der Waals surface area contributed by atoms with Crippen LogP contribution in [-0.4, -0.2) is 33.3 Å². The molecular formula is C51H42Br2N2O6. The lowest BCUT2D eigenvalue weighted by atomic mass is 10.1. The molecular weight excluding hydrogens is 896 g/mol. The maximum atomic E-state index is 11.8. The van der Waals surface area contributed by atoms with Gasteiger partial charge in [-0.25, -0.2) is 9.59 Å². The number of methoxy groups -OCH3 is 1. The lowest BCUT2D eigenvalue weighted by molar-refractivity contribution is 0.0599. The van der Waals surface area contributed by atoms with Crippen LogP contribution >= 0.6 is 31.9 Å². The standard InChI is InChI=1S/C26H22BrNO3.C25H20BrNO3/c1-18-8-14-24(28(18)22-12-9-20(10-13-22)26(29)30-2)23-16-21(27)11-15-25(23)31-17-19-6-4-3-5-7-19;1-17-7-13-23(27(17)21-11-8-19(9-12-21)25(28)29)22-15-20(26)10-14-24(22)30-16-18-5-3-2-4-6-18/h3-16H,17H2,1-2H3;2-15H,16H2,1H3,(H,28,29). The second-order valence-corrected chi connectivity index (χ2v) is 15.9. The molecule has 8 aromatic rings. The van der Waals surface area contributed by atoms with E-state index in [2.05, 4.69) is 72.2 Å². The minimum absolute atomic E-state index is 0.263. The van der Waals surface area contributed by atoms with Crippen molar-refractivity contribution >= 4 is 43.8 Å². The zero-order valence-electron chi connectivity index (χ0n) is 33.7. The molecule has 10 heteroatoms. The van der Waals surface area contributed by atoms with E-state index in [9.17, 15) is 14.7 Å². The molecule has 0 amide bonds. The fourth-order valence-corrected chi connectivity index (χ4v) is 7.65. The monoisotopic (exact) mass is 936 g/mol. The number of benzene rings is 6. The number of esters is 1. The molecule has 2 heterocycles. The summed E-state index contributed by atoms with van der Waals surface area (Å²) in [5.41, 5.74) is 10.9. The number of aromatic carboxylic acids is 1. The summed E-state index contributed by atoms with van der Waals surface area (Å²) in [6.45, 7) is 5.04. The van der Waals surface area contributed by atoms with Crippen molar-refractivity contribution in [3.63, 3.8) is 0 Å². The second-order valence-electron chi connectivity index (χ2n) is 14.1. The maximum Gasteiger partial charge on any atom is 0.337 e. The van der Waals surface area contributed by atoms with Crippen LogP contribution in [0.25, 0.3) is 33.9 Å². The highest BCUT2D eigenvalue weighted by atomic mass is 79.9. The molecule has 0 spiro atoms. The number of hydrogen-bond donors (Lipinski definition) is 1. The van der Waals surface area contributed by atoms with E-state index < -0.39 is 5.97 Å². The molecule has 0 aliphatic carbocycles. The van der Waals surface area contributed by atoms with E-state index >= 15 is 0 Å². The summed E-state index contributed by atoms with van der Waals surface area (Å²) >= 11 is 7.17. The summed E-state index contributed by atoms with van der Waals surface area (Å²) in [7, 11) is 1.38. The fraction of sp³-hybridized carbons (Fsp3) is 0.0980. The van der Waals surface area contributed by atoms with Gasteiger partial charge in [0.15, 0.2) is 0 Å². The Morgan fingerprint density at radius 1 is 0.525 bits per heavy atom. The Bertz CT molecular complexity index is 2760. The Hall–Kier alpha value is -6.62. The molecule has 0 bridgehead atoms. The van der Waals surface area contributed by atoms with Crippen LogP contribution in [0.5, 0.6) is 11.5 Å². The van der Waals surface area contributed by atoms with Crippen LogP contribution in [0, 0.1) is 13.8 Å². The molecule has 6 aromatic carbocycles. The van der Waals surface area contributed by atoms with Crippen molar-refractivity contribution in [3.8, 4) is 45.4 Å². The number of aromatic nitrogens is 2. The van der Waals surface area contributed by atoms with Crippen molar-refractivity contribution in [1.82, 2.24) is 9.13 Å². The lowest BCUT2D eigenvalue weighted by Gasteiger charge is -2.16. The van der Waals surface area contributed by atoms with Crippen LogP contribution in [0.1, 0.15) is 43.2 Å². The van der Waals surface area contributed by atoms with Gasteiger partial charge in [-0.2, -0.15) is 0 Å². The van der Waals surface area contributed by atoms with Gasteiger partial charge in [0.1, 0.15) is 24.7 Å². The Balaban J connectivity index is 0.000000184. The summed E-state index contributed by atoms with van der Waals surface area (Å²) in [5.74, 6) is 0.301.